The van der Waals surface area contributed by atoms with Crippen LogP contribution in [0, 0.1) is 18.8 Å². The van der Waals surface area contributed by atoms with E-state index in [4.69, 9.17) is 5.11 Å². The van der Waals surface area contributed by atoms with E-state index in [9.17, 15) is 20.1 Å². The molecule has 1 fully saturated rings. The second-order valence-electron chi connectivity index (χ2n) is 8.08. The van der Waals surface area contributed by atoms with Crippen LogP contribution in [0.4, 0.5) is 0 Å². The van der Waals surface area contributed by atoms with Crippen LogP contribution in [0.15, 0.2) is 48.6 Å². The van der Waals surface area contributed by atoms with Gasteiger partial charge in [0.25, 0.3) is 0 Å². The van der Waals surface area contributed by atoms with E-state index < -0.39 is 24.3 Å². The summed E-state index contributed by atoms with van der Waals surface area (Å²) in [4.78, 5) is 10.5. The fourth-order valence-corrected chi connectivity index (χ4v) is 3.98. The lowest BCUT2D eigenvalue weighted by Crippen LogP contribution is -2.20. The lowest BCUT2D eigenvalue weighted by molar-refractivity contribution is -0.137. The highest BCUT2D eigenvalue weighted by Gasteiger charge is 2.39. The van der Waals surface area contributed by atoms with Crippen molar-refractivity contribution in [3.8, 4) is 0 Å². The van der Waals surface area contributed by atoms with Gasteiger partial charge in [-0.2, -0.15) is 0 Å². The first-order valence-corrected chi connectivity index (χ1v) is 10.5. The number of unbranched alkanes of at least 4 members (excludes halogenated alkanes) is 1. The predicted octanol–water partition coefficient (Wildman–Crippen LogP) is 3.40. The second-order valence-corrected chi connectivity index (χ2v) is 8.08. The van der Waals surface area contributed by atoms with Crippen LogP contribution in [-0.4, -0.2) is 44.7 Å². The largest absolute Gasteiger partial charge is 0.481 e. The topological polar surface area (TPSA) is 98.0 Å². The SMILES string of the molecule is Cc1cccc(CC[C@H](O)/C=C/[C@@H]2[C@@H](C/C=C\CCCC(=O)O)[C@@H](O)C[C@H]2O)c1. The van der Waals surface area contributed by atoms with Crippen molar-refractivity contribution in [1.82, 2.24) is 0 Å². The highest BCUT2D eigenvalue weighted by Crippen LogP contribution is 2.36. The molecule has 160 valence electrons. The van der Waals surface area contributed by atoms with Gasteiger partial charge in [0.05, 0.1) is 18.3 Å². The van der Waals surface area contributed by atoms with Gasteiger partial charge in [0, 0.05) is 18.8 Å². The van der Waals surface area contributed by atoms with Crippen LogP contribution >= 0.6 is 0 Å². The fourth-order valence-electron chi connectivity index (χ4n) is 3.98. The third kappa shape index (κ3) is 8.13. The first kappa shape index (κ1) is 23.3. The number of carbonyl (C=O) groups is 1. The number of hydrogen-bond acceptors (Lipinski definition) is 4. The molecular weight excluding hydrogens is 368 g/mol. The van der Waals surface area contributed by atoms with Crippen LogP contribution in [0.25, 0.3) is 0 Å². The first-order valence-electron chi connectivity index (χ1n) is 10.5. The van der Waals surface area contributed by atoms with Crippen LogP contribution in [0.3, 0.4) is 0 Å². The third-order valence-electron chi connectivity index (χ3n) is 5.62. The Balaban J connectivity index is 1.83. The Labute approximate surface area is 173 Å². The van der Waals surface area contributed by atoms with Crippen molar-refractivity contribution in [2.45, 2.75) is 70.2 Å². The summed E-state index contributed by atoms with van der Waals surface area (Å²) in [5, 5.41) is 39.5. The maximum atomic E-state index is 10.5. The Kier molecular flexibility index (Phi) is 9.58. The Morgan fingerprint density at radius 3 is 2.76 bits per heavy atom. The summed E-state index contributed by atoms with van der Waals surface area (Å²) in [7, 11) is 0. The van der Waals surface area contributed by atoms with E-state index in [0.717, 1.165) is 6.42 Å². The summed E-state index contributed by atoms with van der Waals surface area (Å²) in [6.45, 7) is 2.05. The predicted molar refractivity (Wildman–Crippen MR) is 114 cm³/mol. The number of carboxylic acid groups (broad SMARTS) is 1. The Bertz CT molecular complexity index is 696. The molecule has 0 radical (unpaired) electrons. The van der Waals surface area contributed by atoms with Crippen molar-refractivity contribution in [3.63, 3.8) is 0 Å². The quantitative estimate of drug-likeness (QED) is 0.336. The summed E-state index contributed by atoms with van der Waals surface area (Å²) in [6, 6.07) is 8.24. The maximum Gasteiger partial charge on any atom is 0.303 e. The number of benzene rings is 1. The van der Waals surface area contributed by atoms with Gasteiger partial charge in [0.2, 0.25) is 0 Å². The summed E-state index contributed by atoms with van der Waals surface area (Å²) in [6.07, 6.45) is 9.51. The molecule has 1 aromatic carbocycles. The molecule has 0 bridgehead atoms. The Morgan fingerprint density at radius 1 is 1.24 bits per heavy atom. The van der Waals surface area contributed by atoms with Gasteiger partial charge in [-0.1, -0.05) is 54.1 Å². The second kappa shape index (κ2) is 11.9. The molecule has 1 aromatic rings. The number of rotatable bonds is 11. The zero-order valence-corrected chi connectivity index (χ0v) is 17.2. The van der Waals surface area contributed by atoms with Gasteiger partial charge in [-0.05, 0) is 50.5 Å². The molecular formula is C24H34O5. The minimum atomic E-state index is -0.793. The van der Waals surface area contributed by atoms with Crippen LogP contribution in [0.1, 0.15) is 49.7 Å². The van der Waals surface area contributed by atoms with E-state index in [0.29, 0.717) is 32.1 Å². The van der Waals surface area contributed by atoms with Gasteiger partial charge in [-0.3, -0.25) is 4.79 Å². The lowest BCUT2D eigenvalue weighted by atomic mass is 9.89. The van der Waals surface area contributed by atoms with Crippen molar-refractivity contribution in [1.29, 1.82) is 0 Å². The molecule has 0 spiro atoms. The van der Waals surface area contributed by atoms with Gasteiger partial charge in [0.1, 0.15) is 0 Å². The molecule has 0 saturated heterocycles. The lowest BCUT2D eigenvalue weighted by Gasteiger charge is -2.19. The van der Waals surface area contributed by atoms with Crippen molar-refractivity contribution in [3.05, 3.63) is 59.7 Å². The molecule has 0 amide bonds. The molecule has 5 heteroatoms. The van der Waals surface area contributed by atoms with Crippen LogP contribution in [0.5, 0.6) is 0 Å². The minimum Gasteiger partial charge on any atom is -0.481 e. The Morgan fingerprint density at radius 2 is 2.03 bits per heavy atom. The summed E-state index contributed by atoms with van der Waals surface area (Å²) < 4.78 is 0. The summed E-state index contributed by atoms with van der Waals surface area (Å²) in [5.41, 5.74) is 2.40. The molecule has 0 aliphatic heterocycles. The molecule has 29 heavy (non-hydrogen) atoms. The number of hydrogen-bond donors (Lipinski definition) is 4. The van der Waals surface area contributed by atoms with E-state index in [-0.39, 0.29) is 18.3 Å². The van der Waals surface area contributed by atoms with Gasteiger partial charge < -0.3 is 20.4 Å². The van der Waals surface area contributed by atoms with Crippen LogP contribution in [0.2, 0.25) is 0 Å². The van der Waals surface area contributed by atoms with Gasteiger partial charge in [-0.25, -0.2) is 0 Å². The number of aryl methyl sites for hydroxylation is 2. The molecule has 2 rings (SSSR count). The number of aliphatic hydroxyl groups is 3. The normalized spacial score (nSPS) is 25.8. The molecule has 0 heterocycles. The molecule has 4 N–H and O–H groups in total. The summed E-state index contributed by atoms with van der Waals surface area (Å²) >= 11 is 0. The first-order chi connectivity index (χ1) is 13.9. The van der Waals surface area contributed by atoms with Gasteiger partial charge >= 0.3 is 5.97 Å². The van der Waals surface area contributed by atoms with Crippen molar-refractivity contribution in [2.24, 2.45) is 11.8 Å². The van der Waals surface area contributed by atoms with Crippen molar-refractivity contribution >= 4 is 5.97 Å². The molecule has 1 aliphatic rings. The van der Waals surface area contributed by atoms with E-state index in [1.54, 1.807) is 6.08 Å². The highest BCUT2D eigenvalue weighted by molar-refractivity contribution is 5.66. The average molecular weight is 403 g/mol. The standard InChI is InChI=1S/C24H34O5/c1-17-7-6-8-18(15-17)11-12-19(25)13-14-21-20(22(26)16-23(21)27)9-4-2-3-5-10-24(28)29/h2,4,6-8,13-15,19-23,25-27H,3,5,9-12,16H2,1H3,(H,28,29)/b4-2-,14-13+/t19-,20+,21+,22-,23+/m0/s1. The zero-order chi connectivity index (χ0) is 21.2. The van der Waals surface area contributed by atoms with E-state index >= 15 is 0 Å². The van der Waals surface area contributed by atoms with Gasteiger partial charge in [0.15, 0.2) is 0 Å². The van der Waals surface area contributed by atoms with Crippen molar-refractivity contribution < 1.29 is 25.2 Å². The highest BCUT2D eigenvalue weighted by atomic mass is 16.4. The molecule has 1 saturated carbocycles. The number of aliphatic hydroxyl groups excluding tert-OH is 3. The number of allylic oxidation sites excluding steroid dienone is 2. The molecule has 1 aliphatic carbocycles. The number of carboxylic acids is 1. The van der Waals surface area contributed by atoms with E-state index in [1.165, 1.54) is 11.1 Å². The molecule has 5 atom stereocenters. The van der Waals surface area contributed by atoms with E-state index in [1.807, 2.05) is 37.3 Å². The molecule has 0 unspecified atom stereocenters. The molecule has 5 nitrogen and oxygen atoms in total. The molecule has 0 aromatic heterocycles. The third-order valence-corrected chi connectivity index (χ3v) is 5.62. The smallest absolute Gasteiger partial charge is 0.303 e. The van der Waals surface area contributed by atoms with Crippen LogP contribution in [-0.2, 0) is 11.2 Å². The number of aliphatic carboxylic acids is 1. The Hall–Kier alpha value is -1.95. The minimum absolute atomic E-state index is 0.0963. The summed E-state index contributed by atoms with van der Waals surface area (Å²) in [5.74, 6) is -1.08. The van der Waals surface area contributed by atoms with Crippen molar-refractivity contribution in [2.75, 3.05) is 0 Å². The maximum absolute atomic E-state index is 10.5. The average Bonchev–Trinajstić information content (AvgIpc) is 2.93. The van der Waals surface area contributed by atoms with E-state index in [2.05, 4.69) is 12.1 Å². The monoisotopic (exact) mass is 402 g/mol. The van der Waals surface area contributed by atoms with Crippen LogP contribution < -0.4 is 0 Å². The zero-order valence-electron chi connectivity index (χ0n) is 17.2. The van der Waals surface area contributed by atoms with Gasteiger partial charge in [-0.15, -0.1) is 0 Å². The fraction of sp³-hybridized carbons (Fsp3) is 0.542.